The van der Waals surface area contributed by atoms with Gasteiger partial charge in [0.1, 0.15) is 0 Å². The summed E-state index contributed by atoms with van der Waals surface area (Å²) < 4.78 is 0. The molecule has 4 nitrogen and oxygen atoms in total. The van der Waals surface area contributed by atoms with Crippen molar-refractivity contribution in [3.8, 4) is 0 Å². The summed E-state index contributed by atoms with van der Waals surface area (Å²) in [6.07, 6.45) is 1.26. The molecule has 0 saturated heterocycles. The molecular formula is C14H26O4. The molecule has 0 aromatic heterocycles. The van der Waals surface area contributed by atoms with Gasteiger partial charge in [0.05, 0.1) is 11.8 Å². The molecule has 0 aromatic rings. The lowest BCUT2D eigenvalue weighted by molar-refractivity contribution is -0.165. The molecule has 0 aliphatic heterocycles. The quantitative estimate of drug-likeness (QED) is 0.735. The molecule has 2 atom stereocenters. The van der Waals surface area contributed by atoms with Crippen LogP contribution >= 0.6 is 0 Å². The third-order valence-electron chi connectivity index (χ3n) is 4.37. The van der Waals surface area contributed by atoms with Crippen molar-refractivity contribution in [3.05, 3.63) is 0 Å². The van der Waals surface area contributed by atoms with Crippen molar-refractivity contribution in [2.75, 3.05) is 0 Å². The lowest BCUT2D eigenvalue weighted by atomic mass is 9.61. The monoisotopic (exact) mass is 258 g/mol. The molecule has 0 aromatic carbocycles. The van der Waals surface area contributed by atoms with Crippen molar-refractivity contribution in [3.63, 3.8) is 0 Å². The van der Waals surface area contributed by atoms with Gasteiger partial charge in [0.2, 0.25) is 0 Å². The summed E-state index contributed by atoms with van der Waals surface area (Å²) in [7, 11) is 0. The largest absolute Gasteiger partial charge is 0.481 e. The number of carboxylic acids is 2. The first-order valence-electron chi connectivity index (χ1n) is 6.46. The number of hydrogen-bond donors (Lipinski definition) is 2. The Morgan fingerprint density at radius 1 is 0.833 bits per heavy atom. The van der Waals surface area contributed by atoms with Crippen molar-refractivity contribution in [2.45, 2.75) is 54.4 Å². The minimum Gasteiger partial charge on any atom is -0.481 e. The Morgan fingerprint density at radius 3 is 1.17 bits per heavy atom. The van der Waals surface area contributed by atoms with E-state index in [9.17, 15) is 19.8 Å². The van der Waals surface area contributed by atoms with Crippen molar-refractivity contribution < 1.29 is 19.8 Å². The predicted octanol–water partition coefficient (Wildman–Crippen LogP) is 3.26. The highest BCUT2D eigenvalue weighted by atomic mass is 16.4. The molecule has 0 aliphatic rings. The molecule has 2 N–H and O–H groups in total. The van der Waals surface area contributed by atoms with Crippen LogP contribution in [-0.4, -0.2) is 22.2 Å². The fraction of sp³-hybridized carbons (Fsp3) is 0.857. The first-order valence-corrected chi connectivity index (χ1v) is 6.46. The first kappa shape index (κ1) is 16.9. The van der Waals surface area contributed by atoms with E-state index in [1.165, 1.54) is 0 Å². The average Bonchev–Trinajstić information content (AvgIpc) is 2.23. The number of aliphatic carboxylic acids is 2. The second-order valence-electron chi connectivity index (χ2n) is 6.32. The fourth-order valence-corrected chi connectivity index (χ4v) is 2.30. The van der Waals surface area contributed by atoms with Crippen molar-refractivity contribution in [1.82, 2.24) is 0 Å². The molecule has 0 heterocycles. The third-order valence-corrected chi connectivity index (χ3v) is 4.37. The molecule has 4 heteroatoms. The maximum absolute atomic E-state index is 11.6. The molecule has 0 bridgehead atoms. The van der Waals surface area contributed by atoms with Gasteiger partial charge in [0.25, 0.3) is 0 Å². The van der Waals surface area contributed by atoms with Crippen molar-refractivity contribution in [1.29, 1.82) is 0 Å². The van der Waals surface area contributed by atoms with Crippen LogP contribution in [0.5, 0.6) is 0 Å². The Bertz CT molecular complexity index is 286. The van der Waals surface area contributed by atoms with E-state index in [4.69, 9.17) is 0 Å². The second-order valence-corrected chi connectivity index (χ2v) is 6.32. The fourth-order valence-electron chi connectivity index (χ4n) is 2.30. The summed E-state index contributed by atoms with van der Waals surface area (Å²) in [6.45, 7) is 11.1. The third kappa shape index (κ3) is 3.47. The second kappa shape index (κ2) is 5.72. The van der Waals surface area contributed by atoms with Crippen LogP contribution in [0.3, 0.4) is 0 Å². The normalized spacial score (nSPS) is 16.1. The zero-order valence-corrected chi connectivity index (χ0v) is 12.3. The lowest BCUT2D eigenvalue weighted by Crippen LogP contribution is -2.46. The number of carbonyl (C=O) groups is 2. The van der Waals surface area contributed by atoms with E-state index in [-0.39, 0.29) is 0 Å². The number of rotatable bonds is 7. The van der Waals surface area contributed by atoms with E-state index in [2.05, 4.69) is 0 Å². The molecule has 0 fully saturated rings. The summed E-state index contributed by atoms with van der Waals surface area (Å²) in [4.78, 5) is 23.1. The standard InChI is InChI=1S/C14H26O4/c1-7-13(3,4)9(11(15)16)10(12(17)18)14(5,6)8-2/h9-10H,7-8H2,1-6H3,(H,15,16)(H,17,18). The van der Waals surface area contributed by atoms with Crippen LogP contribution < -0.4 is 0 Å². The molecule has 0 rings (SSSR count). The highest BCUT2D eigenvalue weighted by Gasteiger charge is 2.49. The molecule has 0 amide bonds. The van der Waals surface area contributed by atoms with E-state index in [0.717, 1.165) is 0 Å². The Balaban J connectivity index is 5.69. The van der Waals surface area contributed by atoms with Crippen molar-refractivity contribution >= 4 is 11.9 Å². The first-order chi connectivity index (χ1) is 8.01. The van der Waals surface area contributed by atoms with Gasteiger partial charge < -0.3 is 10.2 Å². The summed E-state index contributed by atoms with van der Waals surface area (Å²) in [5.41, 5.74) is -1.08. The molecule has 0 saturated carbocycles. The van der Waals surface area contributed by atoms with E-state index >= 15 is 0 Å². The maximum Gasteiger partial charge on any atom is 0.307 e. The molecule has 0 aliphatic carbocycles. The molecule has 106 valence electrons. The zero-order valence-electron chi connectivity index (χ0n) is 12.3. The summed E-state index contributed by atoms with van der Waals surface area (Å²) in [5.74, 6) is -3.79. The Kier molecular flexibility index (Phi) is 5.38. The van der Waals surface area contributed by atoms with E-state index < -0.39 is 34.6 Å². The van der Waals surface area contributed by atoms with Gasteiger partial charge in [-0.3, -0.25) is 9.59 Å². The molecule has 2 unspecified atom stereocenters. The number of carboxylic acid groups (broad SMARTS) is 2. The average molecular weight is 258 g/mol. The van der Waals surface area contributed by atoms with Gasteiger partial charge in [0, 0.05) is 0 Å². The van der Waals surface area contributed by atoms with Crippen LogP contribution in [0, 0.1) is 22.7 Å². The number of hydrogen-bond acceptors (Lipinski definition) is 2. The molecule has 0 spiro atoms. The van der Waals surface area contributed by atoms with Gasteiger partial charge in [-0.05, 0) is 10.8 Å². The minimum atomic E-state index is -1.02. The zero-order chi connectivity index (χ0) is 14.7. The van der Waals surface area contributed by atoms with Gasteiger partial charge in [-0.25, -0.2) is 0 Å². The van der Waals surface area contributed by atoms with Gasteiger partial charge in [-0.2, -0.15) is 0 Å². The summed E-state index contributed by atoms with van der Waals surface area (Å²) in [5, 5.41) is 18.9. The van der Waals surface area contributed by atoms with Gasteiger partial charge in [-0.1, -0.05) is 54.4 Å². The van der Waals surface area contributed by atoms with Crippen molar-refractivity contribution in [2.24, 2.45) is 22.7 Å². The van der Waals surface area contributed by atoms with Crippen LogP contribution in [0.2, 0.25) is 0 Å². The maximum atomic E-state index is 11.6. The van der Waals surface area contributed by atoms with E-state index in [1.807, 2.05) is 41.5 Å². The van der Waals surface area contributed by atoms with Crippen LogP contribution in [0.15, 0.2) is 0 Å². The van der Waals surface area contributed by atoms with Gasteiger partial charge in [0.15, 0.2) is 0 Å². The van der Waals surface area contributed by atoms with Crippen LogP contribution in [0.25, 0.3) is 0 Å². The lowest BCUT2D eigenvalue weighted by Gasteiger charge is -2.41. The SMILES string of the molecule is CCC(C)(C)C(C(=O)O)C(C(=O)O)C(C)(C)CC. The highest BCUT2D eigenvalue weighted by molar-refractivity contribution is 5.81. The van der Waals surface area contributed by atoms with Crippen LogP contribution in [0.1, 0.15) is 54.4 Å². The van der Waals surface area contributed by atoms with Crippen LogP contribution in [0.4, 0.5) is 0 Å². The minimum absolute atomic E-state index is 0.540. The Hall–Kier alpha value is -1.06. The summed E-state index contributed by atoms with van der Waals surface area (Å²) >= 11 is 0. The molecule has 0 radical (unpaired) electrons. The molecular weight excluding hydrogens is 232 g/mol. The Morgan fingerprint density at radius 2 is 1.06 bits per heavy atom. The topological polar surface area (TPSA) is 74.6 Å². The van der Waals surface area contributed by atoms with E-state index in [0.29, 0.717) is 12.8 Å². The smallest absolute Gasteiger partial charge is 0.307 e. The van der Waals surface area contributed by atoms with Gasteiger partial charge in [-0.15, -0.1) is 0 Å². The van der Waals surface area contributed by atoms with Crippen LogP contribution in [-0.2, 0) is 9.59 Å². The Labute approximate surface area is 109 Å². The molecule has 18 heavy (non-hydrogen) atoms. The van der Waals surface area contributed by atoms with E-state index in [1.54, 1.807) is 0 Å². The predicted molar refractivity (Wildman–Crippen MR) is 70.4 cm³/mol. The highest BCUT2D eigenvalue weighted by Crippen LogP contribution is 2.45. The summed E-state index contributed by atoms with van der Waals surface area (Å²) in [6, 6.07) is 0. The van der Waals surface area contributed by atoms with Gasteiger partial charge >= 0.3 is 11.9 Å².